The van der Waals surface area contributed by atoms with Crippen molar-refractivity contribution in [3.05, 3.63) is 65.2 Å². The Bertz CT molecular complexity index is 940. The molecule has 0 saturated heterocycles. The molecule has 0 heterocycles. The zero-order valence-electron chi connectivity index (χ0n) is 16.3. The van der Waals surface area contributed by atoms with Crippen LogP contribution in [0.15, 0.2) is 59.5 Å². The van der Waals surface area contributed by atoms with Gasteiger partial charge in [0.15, 0.2) is 9.84 Å². The van der Waals surface area contributed by atoms with Crippen molar-refractivity contribution < 1.29 is 13.2 Å². The molecule has 1 aliphatic carbocycles. The Morgan fingerprint density at radius 2 is 1.79 bits per heavy atom. The highest BCUT2D eigenvalue weighted by Crippen LogP contribution is 2.39. The van der Waals surface area contributed by atoms with E-state index < -0.39 is 9.84 Å². The van der Waals surface area contributed by atoms with Gasteiger partial charge in [0.1, 0.15) is 0 Å². The SMILES string of the molecule is NC[C@]1(c2cccc(Cl)c2)CC[C@H](NC(=O)CCS(=O)(=O)c2ccccc2)CC1. The monoisotopic (exact) mass is 434 g/mol. The first kappa shape index (κ1) is 21.8. The Balaban J connectivity index is 1.53. The highest BCUT2D eigenvalue weighted by molar-refractivity contribution is 7.91. The molecule has 7 heteroatoms. The molecule has 156 valence electrons. The number of hydrogen-bond acceptors (Lipinski definition) is 4. The molecule has 0 unspecified atom stereocenters. The molecule has 1 amide bonds. The Morgan fingerprint density at radius 3 is 2.41 bits per heavy atom. The summed E-state index contributed by atoms with van der Waals surface area (Å²) in [5.74, 6) is -0.414. The van der Waals surface area contributed by atoms with Gasteiger partial charge in [0, 0.05) is 29.4 Å². The fourth-order valence-electron chi connectivity index (χ4n) is 4.02. The topological polar surface area (TPSA) is 89.3 Å². The minimum absolute atomic E-state index is 0.0376. The Kier molecular flexibility index (Phi) is 6.98. The third-order valence-corrected chi connectivity index (χ3v) is 7.80. The molecule has 3 N–H and O–H groups in total. The van der Waals surface area contributed by atoms with E-state index in [2.05, 4.69) is 11.4 Å². The lowest BCUT2D eigenvalue weighted by atomic mass is 9.68. The van der Waals surface area contributed by atoms with Crippen LogP contribution < -0.4 is 11.1 Å². The predicted molar refractivity (Wildman–Crippen MR) is 116 cm³/mol. The average molecular weight is 435 g/mol. The minimum Gasteiger partial charge on any atom is -0.353 e. The van der Waals surface area contributed by atoms with E-state index in [0.29, 0.717) is 11.6 Å². The quantitative estimate of drug-likeness (QED) is 0.698. The van der Waals surface area contributed by atoms with Crippen LogP contribution in [0.25, 0.3) is 0 Å². The van der Waals surface area contributed by atoms with Crippen molar-refractivity contribution in [3.8, 4) is 0 Å². The van der Waals surface area contributed by atoms with Crippen LogP contribution in [-0.2, 0) is 20.0 Å². The van der Waals surface area contributed by atoms with Crippen molar-refractivity contribution in [2.45, 2.75) is 48.5 Å². The van der Waals surface area contributed by atoms with E-state index in [1.165, 1.54) is 0 Å². The number of nitrogens with one attached hydrogen (secondary N) is 1. The molecule has 0 aromatic heterocycles. The van der Waals surface area contributed by atoms with Gasteiger partial charge >= 0.3 is 0 Å². The number of nitrogens with two attached hydrogens (primary N) is 1. The van der Waals surface area contributed by atoms with Gasteiger partial charge in [-0.1, -0.05) is 41.9 Å². The number of hydrogen-bond donors (Lipinski definition) is 2. The molecule has 2 aromatic carbocycles. The number of carbonyl (C=O) groups is 1. The highest BCUT2D eigenvalue weighted by atomic mass is 35.5. The molecule has 0 bridgehead atoms. The van der Waals surface area contributed by atoms with Crippen LogP contribution in [0.5, 0.6) is 0 Å². The van der Waals surface area contributed by atoms with Crippen molar-refractivity contribution in [1.29, 1.82) is 0 Å². The summed E-state index contributed by atoms with van der Waals surface area (Å²) in [7, 11) is -3.45. The Labute approximate surface area is 177 Å². The number of halogens is 1. The highest BCUT2D eigenvalue weighted by Gasteiger charge is 2.36. The van der Waals surface area contributed by atoms with Gasteiger partial charge in [-0.05, 0) is 55.5 Å². The molecular formula is C22H27ClN2O3S. The van der Waals surface area contributed by atoms with Gasteiger partial charge in [-0.2, -0.15) is 0 Å². The second kappa shape index (κ2) is 9.28. The van der Waals surface area contributed by atoms with Gasteiger partial charge in [-0.25, -0.2) is 8.42 Å². The normalized spacial score (nSPS) is 22.2. The summed E-state index contributed by atoms with van der Waals surface area (Å²) in [4.78, 5) is 12.6. The van der Waals surface area contributed by atoms with Crippen molar-refractivity contribution in [3.63, 3.8) is 0 Å². The van der Waals surface area contributed by atoms with Crippen LogP contribution in [0.3, 0.4) is 0 Å². The first-order chi connectivity index (χ1) is 13.8. The van der Waals surface area contributed by atoms with Crippen molar-refractivity contribution in [1.82, 2.24) is 5.32 Å². The molecule has 0 atom stereocenters. The molecule has 3 rings (SSSR count). The van der Waals surface area contributed by atoms with Gasteiger partial charge in [0.05, 0.1) is 10.6 Å². The molecule has 0 spiro atoms. The lowest BCUT2D eigenvalue weighted by Gasteiger charge is -2.40. The van der Waals surface area contributed by atoms with Gasteiger partial charge in [0.25, 0.3) is 0 Å². The van der Waals surface area contributed by atoms with Crippen molar-refractivity contribution in [2.24, 2.45) is 5.73 Å². The average Bonchev–Trinajstić information content (AvgIpc) is 2.74. The zero-order valence-corrected chi connectivity index (χ0v) is 17.9. The first-order valence-corrected chi connectivity index (χ1v) is 11.9. The molecule has 1 fully saturated rings. The van der Waals surface area contributed by atoms with E-state index in [0.717, 1.165) is 31.2 Å². The van der Waals surface area contributed by atoms with Gasteiger partial charge in [0.2, 0.25) is 5.91 Å². The lowest BCUT2D eigenvalue weighted by Crippen LogP contribution is -2.45. The molecule has 29 heavy (non-hydrogen) atoms. The fraction of sp³-hybridized carbons (Fsp3) is 0.409. The maximum Gasteiger partial charge on any atom is 0.221 e. The summed E-state index contributed by atoms with van der Waals surface area (Å²) in [6.07, 6.45) is 3.29. The smallest absolute Gasteiger partial charge is 0.221 e. The van der Waals surface area contributed by atoms with Crippen LogP contribution in [0, 0.1) is 0 Å². The fourth-order valence-corrected chi connectivity index (χ4v) is 5.47. The predicted octanol–water partition coefficient (Wildman–Crippen LogP) is 3.46. The summed E-state index contributed by atoms with van der Waals surface area (Å²) in [5.41, 5.74) is 7.14. The molecule has 5 nitrogen and oxygen atoms in total. The van der Waals surface area contributed by atoms with Gasteiger partial charge in [-0.15, -0.1) is 0 Å². The molecule has 2 aromatic rings. The minimum atomic E-state index is -3.45. The van der Waals surface area contributed by atoms with E-state index in [9.17, 15) is 13.2 Å². The van der Waals surface area contributed by atoms with E-state index in [4.69, 9.17) is 17.3 Å². The van der Waals surface area contributed by atoms with Gasteiger partial charge < -0.3 is 11.1 Å². The van der Waals surface area contributed by atoms with Crippen molar-refractivity contribution >= 4 is 27.3 Å². The summed E-state index contributed by atoms with van der Waals surface area (Å²) >= 11 is 6.15. The van der Waals surface area contributed by atoms with Crippen LogP contribution in [0.2, 0.25) is 5.02 Å². The Hall–Kier alpha value is -1.89. The first-order valence-electron chi connectivity index (χ1n) is 9.88. The van der Waals surface area contributed by atoms with Crippen LogP contribution >= 0.6 is 11.6 Å². The standard InChI is InChI=1S/C22H27ClN2O3S/c23-18-6-4-5-17(15-18)22(16-24)12-9-19(10-13-22)25-21(26)11-14-29(27,28)20-7-2-1-3-8-20/h1-8,15,19H,9-14,16,24H2,(H,25,26)/t19-,22-. The summed E-state index contributed by atoms with van der Waals surface area (Å²) in [5, 5.41) is 3.70. The maximum atomic E-state index is 12.3. The molecule has 1 aliphatic rings. The van der Waals surface area contributed by atoms with Crippen LogP contribution in [0.1, 0.15) is 37.7 Å². The summed E-state index contributed by atoms with van der Waals surface area (Å²) in [6, 6.07) is 16.1. The number of carbonyl (C=O) groups excluding carboxylic acids is 1. The summed E-state index contributed by atoms with van der Waals surface area (Å²) < 4.78 is 24.7. The number of benzene rings is 2. The van der Waals surface area contributed by atoms with E-state index in [1.807, 2.05) is 18.2 Å². The van der Waals surface area contributed by atoms with Gasteiger partial charge in [-0.3, -0.25) is 4.79 Å². The molecule has 0 radical (unpaired) electrons. The van der Waals surface area contributed by atoms with E-state index in [-0.39, 0.29) is 34.4 Å². The van der Waals surface area contributed by atoms with Crippen molar-refractivity contribution in [2.75, 3.05) is 12.3 Å². The number of amides is 1. The van der Waals surface area contributed by atoms with E-state index >= 15 is 0 Å². The maximum absolute atomic E-state index is 12.3. The molecule has 1 saturated carbocycles. The second-order valence-corrected chi connectivity index (χ2v) is 10.3. The van der Waals surface area contributed by atoms with Crippen LogP contribution in [-0.4, -0.2) is 32.7 Å². The Morgan fingerprint density at radius 1 is 1.10 bits per heavy atom. The van der Waals surface area contributed by atoms with Crippen LogP contribution in [0.4, 0.5) is 0 Å². The third-order valence-electron chi connectivity index (χ3n) is 5.84. The zero-order chi connectivity index (χ0) is 20.9. The summed E-state index contributed by atoms with van der Waals surface area (Å²) in [6.45, 7) is 0.531. The lowest BCUT2D eigenvalue weighted by molar-refractivity contribution is -0.121. The van der Waals surface area contributed by atoms with E-state index in [1.54, 1.807) is 30.3 Å². The second-order valence-electron chi connectivity index (χ2n) is 7.72. The molecule has 0 aliphatic heterocycles. The number of sulfone groups is 1. The third kappa shape index (κ3) is 5.38. The number of rotatable bonds is 7. The largest absolute Gasteiger partial charge is 0.353 e. The molecular weight excluding hydrogens is 408 g/mol.